The van der Waals surface area contributed by atoms with Gasteiger partial charge in [-0.05, 0) is 36.1 Å². The molecule has 6 rings (SSSR count). The topological polar surface area (TPSA) is 25.8 Å². The summed E-state index contributed by atoms with van der Waals surface area (Å²) in [5, 5.41) is 0. The van der Waals surface area contributed by atoms with Gasteiger partial charge in [0.25, 0.3) is 0 Å². The quantitative estimate of drug-likeness (QED) is 0.328. The molecule has 0 radical (unpaired) electrons. The zero-order valence-electron chi connectivity index (χ0n) is 16.9. The zero-order valence-corrected chi connectivity index (χ0v) is 19.4. The van der Waals surface area contributed by atoms with E-state index in [1.165, 1.54) is 22.3 Å². The Bertz CT molecular complexity index is 1100. The predicted molar refractivity (Wildman–Crippen MR) is 120 cm³/mol. The van der Waals surface area contributed by atoms with Crippen molar-refractivity contribution in [2.75, 3.05) is 0 Å². The summed E-state index contributed by atoms with van der Waals surface area (Å²) in [6.45, 7) is 0. The molecule has 0 aliphatic heterocycles. The van der Waals surface area contributed by atoms with E-state index < -0.39 is 0 Å². The van der Waals surface area contributed by atoms with Crippen molar-refractivity contribution in [2.45, 2.75) is 11.8 Å². The van der Waals surface area contributed by atoms with Gasteiger partial charge in [-0.1, -0.05) is 48.5 Å². The third-order valence-electron chi connectivity index (χ3n) is 5.39. The van der Waals surface area contributed by atoms with Crippen LogP contribution in [0.15, 0.2) is 97.3 Å². The first kappa shape index (κ1) is 21.3. The van der Waals surface area contributed by atoms with Crippen LogP contribution in [-0.4, -0.2) is 9.97 Å². The molecule has 2 aromatic carbocycles. The van der Waals surface area contributed by atoms with Crippen molar-refractivity contribution in [3.63, 3.8) is 0 Å². The van der Waals surface area contributed by atoms with Crippen LogP contribution in [-0.2, 0) is 26.2 Å². The van der Waals surface area contributed by atoms with E-state index in [1.807, 2.05) is 48.8 Å². The first-order valence-corrected chi connectivity index (χ1v) is 10.1. The fraction of sp³-hybridized carbons (Fsp3) is 0.0714. The molecular formula is C28H20N2Zr. The van der Waals surface area contributed by atoms with Gasteiger partial charge in [0, 0.05) is 23.8 Å². The number of hydrogen-bond acceptors (Lipinski definition) is 2. The van der Waals surface area contributed by atoms with Crippen molar-refractivity contribution >= 4 is 12.2 Å². The second-order valence-corrected chi connectivity index (χ2v) is 7.26. The van der Waals surface area contributed by atoms with Gasteiger partial charge < -0.3 is 0 Å². The molecule has 3 heteroatoms. The Morgan fingerprint density at radius 2 is 0.935 bits per heavy atom. The van der Waals surface area contributed by atoms with E-state index in [4.69, 9.17) is 0 Å². The van der Waals surface area contributed by atoms with E-state index in [9.17, 15) is 0 Å². The molecular weight excluding hydrogens is 456 g/mol. The van der Waals surface area contributed by atoms with Gasteiger partial charge in [-0.15, -0.1) is 23.3 Å². The molecule has 0 fully saturated rings. The van der Waals surface area contributed by atoms with Crippen LogP contribution in [0.25, 0.3) is 12.2 Å². The van der Waals surface area contributed by atoms with E-state index in [2.05, 4.69) is 82.8 Å². The van der Waals surface area contributed by atoms with E-state index in [-0.39, 0.29) is 38.0 Å². The van der Waals surface area contributed by atoms with E-state index in [0.717, 1.165) is 11.4 Å². The summed E-state index contributed by atoms with van der Waals surface area (Å²) in [6, 6.07) is 28.8. The Morgan fingerprint density at radius 3 is 1.35 bits per heavy atom. The first-order chi connectivity index (χ1) is 14.9. The number of pyridine rings is 2. The van der Waals surface area contributed by atoms with Crippen molar-refractivity contribution in [1.29, 1.82) is 0 Å². The summed E-state index contributed by atoms with van der Waals surface area (Å²) in [4.78, 5) is 8.75. The van der Waals surface area contributed by atoms with Gasteiger partial charge in [-0.3, -0.25) is 22.1 Å². The maximum Gasteiger partial charge on any atom is 2.00 e. The van der Waals surface area contributed by atoms with Crippen LogP contribution in [0.2, 0.25) is 0 Å². The van der Waals surface area contributed by atoms with Crippen LogP contribution in [0.4, 0.5) is 0 Å². The van der Waals surface area contributed by atoms with Crippen LogP contribution >= 0.6 is 0 Å². The van der Waals surface area contributed by atoms with Crippen LogP contribution < -0.4 is 0 Å². The maximum absolute atomic E-state index is 4.38. The van der Waals surface area contributed by atoms with Gasteiger partial charge in [0.05, 0.1) is 0 Å². The van der Waals surface area contributed by atoms with Crippen molar-refractivity contribution in [2.24, 2.45) is 0 Å². The fourth-order valence-electron chi connectivity index (χ4n) is 3.92. The molecule has 0 amide bonds. The second kappa shape index (κ2) is 9.94. The molecule has 2 aromatic heterocycles. The standard InChI is InChI=1S/2C14H10N.Zr/c2*1-2-6-12-11(5-1)8-9-13(12)14-7-3-4-10-15-14;/h2*1-8,10,13H;/q2*-1;+2. The van der Waals surface area contributed by atoms with Gasteiger partial charge >= 0.3 is 26.2 Å². The molecule has 0 N–H and O–H groups in total. The molecule has 0 spiro atoms. The molecule has 0 bridgehead atoms. The molecule has 146 valence electrons. The number of fused-ring (bicyclic) bond motifs is 2. The molecule has 0 saturated carbocycles. The fourth-order valence-corrected chi connectivity index (χ4v) is 3.92. The maximum atomic E-state index is 4.38. The van der Waals surface area contributed by atoms with Gasteiger partial charge in [0.1, 0.15) is 0 Å². The Hall–Kier alpha value is -2.90. The van der Waals surface area contributed by atoms with E-state index in [0.29, 0.717) is 0 Å². The predicted octanol–water partition coefficient (Wildman–Crippen LogP) is 6.08. The van der Waals surface area contributed by atoms with Gasteiger partial charge in [-0.25, -0.2) is 12.2 Å². The van der Waals surface area contributed by atoms with Crippen LogP contribution in [0.1, 0.15) is 45.5 Å². The number of allylic oxidation sites excluding steroid dienone is 2. The molecule has 2 atom stereocenters. The average Bonchev–Trinajstić information content (AvgIpc) is 3.45. The Balaban J connectivity index is 0.000000144. The summed E-state index contributed by atoms with van der Waals surface area (Å²) in [5.74, 6) is 0.421. The van der Waals surface area contributed by atoms with Gasteiger partial charge in [0.15, 0.2) is 0 Å². The molecule has 2 aliphatic carbocycles. The molecule has 2 aliphatic rings. The Kier molecular flexibility index (Phi) is 6.84. The molecule has 4 aromatic rings. The molecule has 0 saturated heterocycles. The van der Waals surface area contributed by atoms with Crippen molar-refractivity contribution in [3.05, 3.63) is 143 Å². The summed E-state index contributed by atoms with van der Waals surface area (Å²) in [7, 11) is 0. The molecule has 31 heavy (non-hydrogen) atoms. The third-order valence-corrected chi connectivity index (χ3v) is 5.39. The number of benzene rings is 2. The van der Waals surface area contributed by atoms with Gasteiger partial charge in [0.2, 0.25) is 0 Å². The van der Waals surface area contributed by atoms with Gasteiger partial charge in [-0.2, -0.15) is 11.1 Å². The first-order valence-electron chi connectivity index (χ1n) is 10.1. The van der Waals surface area contributed by atoms with Crippen LogP contribution in [0.3, 0.4) is 0 Å². The Morgan fingerprint density at radius 1 is 0.516 bits per heavy atom. The van der Waals surface area contributed by atoms with Crippen molar-refractivity contribution < 1.29 is 26.2 Å². The monoisotopic (exact) mass is 474 g/mol. The number of nitrogens with zero attached hydrogens (tertiary/aromatic N) is 2. The summed E-state index contributed by atoms with van der Waals surface area (Å²) >= 11 is 0. The smallest absolute Gasteiger partial charge is 0.262 e. The van der Waals surface area contributed by atoms with E-state index in [1.54, 1.807) is 0 Å². The largest absolute Gasteiger partial charge is 2.00 e. The summed E-state index contributed by atoms with van der Waals surface area (Å²) in [5.41, 5.74) is 7.26. The minimum Gasteiger partial charge on any atom is -0.262 e. The Labute approximate surface area is 202 Å². The zero-order chi connectivity index (χ0) is 20.2. The van der Waals surface area contributed by atoms with Crippen molar-refractivity contribution in [3.8, 4) is 0 Å². The molecule has 2 unspecified atom stereocenters. The molecule has 2 heterocycles. The van der Waals surface area contributed by atoms with Crippen LogP contribution in [0.5, 0.6) is 0 Å². The van der Waals surface area contributed by atoms with Crippen molar-refractivity contribution in [1.82, 2.24) is 9.97 Å². The van der Waals surface area contributed by atoms with E-state index >= 15 is 0 Å². The minimum atomic E-state index is 0. The normalized spacial score (nSPS) is 17.2. The molecule has 2 nitrogen and oxygen atoms in total. The minimum absolute atomic E-state index is 0. The number of aromatic nitrogens is 2. The number of rotatable bonds is 2. The third kappa shape index (κ3) is 4.57. The second-order valence-electron chi connectivity index (χ2n) is 7.26. The number of hydrogen-bond donors (Lipinski definition) is 0. The average molecular weight is 476 g/mol. The SMILES string of the molecule is [C-]1=Cc2ccccc2C1c1ccccn1.[C-]1=Cc2ccccc2C1c1ccccn1.[Zr+2]. The van der Waals surface area contributed by atoms with Crippen LogP contribution in [0, 0.1) is 12.2 Å². The summed E-state index contributed by atoms with van der Waals surface area (Å²) < 4.78 is 0. The summed E-state index contributed by atoms with van der Waals surface area (Å²) in [6.07, 6.45) is 14.5.